The maximum Gasteiger partial charge on any atom is 0.248 e. The first-order valence-corrected chi connectivity index (χ1v) is 10.6. The van der Waals surface area contributed by atoms with Crippen molar-refractivity contribution in [1.29, 1.82) is 0 Å². The first kappa shape index (κ1) is 20.3. The number of ether oxygens (including phenoxy) is 1. The molecule has 6 nitrogen and oxygen atoms in total. The molecule has 0 bridgehead atoms. The van der Waals surface area contributed by atoms with Crippen molar-refractivity contribution >= 4 is 11.8 Å². The highest BCUT2D eigenvalue weighted by Gasteiger charge is 2.33. The highest BCUT2D eigenvalue weighted by Crippen LogP contribution is 2.24. The van der Waals surface area contributed by atoms with Gasteiger partial charge >= 0.3 is 0 Å². The third kappa shape index (κ3) is 5.55. The van der Waals surface area contributed by atoms with Crippen molar-refractivity contribution in [2.75, 3.05) is 53.0 Å². The molecule has 0 spiro atoms. The van der Waals surface area contributed by atoms with Crippen molar-refractivity contribution < 1.29 is 14.3 Å². The minimum atomic E-state index is 0.0563. The molecule has 0 N–H and O–H groups in total. The molecule has 1 aliphatic carbocycles. The van der Waals surface area contributed by atoms with Crippen molar-refractivity contribution in [3.63, 3.8) is 0 Å². The van der Waals surface area contributed by atoms with Gasteiger partial charge in [-0.25, -0.2) is 0 Å². The van der Waals surface area contributed by atoms with Gasteiger partial charge in [-0.15, -0.1) is 0 Å². The van der Waals surface area contributed by atoms with E-state index in [0.717, 1.165) is 51.7 Å². The number of nitrogens with zero attached hydrogens (tertiary/aromatic N) is 3. The van der Waals surface area contributed by atoms with Crippen molar-refractivity contribution in [1.82, 2.24) is 14.7 Å². The van der Waals surface area contributed by atoms with Crippen molar-refractivity contribution in [2.45, 2.75) is 51.0 Å². The van der Waals surface area contributed by atoms with Crippen LogP contribution in [0, 0.1) is 5.92 Å². The Kier molecular flexibility index (Phi) is 7.70. The van der Waals surface area contributed by atoms with Crippen molar-refractivity contribution in [3.8, 4) is 0 Å². The van der Waals surface area contributed by atoms with E-state index in [1.165, 1.54) is 25.9 Å². The van der Waals surface area contributed by atoms with E-state index in [4.69, 9.17) is 4.74 Å². The fourth-order valence-corrected chi connectivity index (χ4v) is 4.67. The number of carbonyl (C=O) groups is 2. The van der Waals surface area contributed by atoms with Crippen LogP contribution in [0.3, 0.4) is 0 Å². The van der Waals surface area contributed by atoms with Crippen LogP contribution in [0.25, 0.3) is 0 Å². The van der Waals surface area contributed by atoms with Crippen molar-refractivity contribution in [3.05, 3.63) is 12.2 Å². The average Bonchev–Trinajstić information content (AvgIpc) is 3.39. The Morgan fingerprint density at radius 1 is 1.11 bits per heavy atom. The number of rotatable bonds is 8. The fraction of sp³-hybridized carbons (Fsp3) is 0.810. The second-order valence-corrected chi connectivity index (χ2v) is 8.14. The molecule has 0 aromatic rings. The van der Waals surface area contributed by atoms with Crippen molar-refractivity contribution in [2.24, 2.45) is 5.92 Å². The van der Waals surface area contributed by atoms with E-state index >= 15 is 0 Å². The van der Waals surface area contributed by atoms with Gasteiger partial charge in [0.2, 0.25) is 11.8 Å². The van der Waals surface area contributed by atoms with E-state index in [1.54, 1.807) is 7.11 Å². The van der Waals surface area contributed by atoms with Crippen LogP contribution in [0.2, 0.25) is 0 Å². The number of piperidine rings is 1. The van der Waals surface area contributed by atoms with Gasteiger partial charge in [0.15, 0.2) is 0 Å². The maximum atomic E-state index is 12.8. The van der Waals surface area contributed by atoms with E-state index in [0.29, 0.717) is 6.54 Å². The van der Waals surface area contributed by atoms with E-state index in [-0.39, 0.29) is 30.4 Å². The lowest BCUT2D eigenvalue weighted by Crippen LogP contribution is -2.53. The minimum Gasteiger partial charge on any atom is -0.375 e. The molecule has 2 heterocycles. The Morgan fingerprint density at radius 3 is 2.56 bits per heavy atom. The van der Waals surface area contributed by atoms with Crippen LogP contribution in [0.4, 0.5) is 0 Å². The maximum absolute atomic E-state index is 12.8. The van der Waals surface area contributed by atoms with Crippen LogP contribution in [0.15, 0.2) is 12.2 Å². The van der Waals surface area contributed by atoms with Crippen LogP contribution in [0.1, 0.15) is 44.9 Å². The average molecular weight is 378 g/mol. The molecule has 1 unspecified atom stereocenters. The summed E-state index contributed by atoms with van der Waals surface area (Å²) in [5.41, 5.74) is 0. The van der Waals surface area contributed by atoms with Crippen LogP contribution >= 0.6 is 0 Å². The quantitative estimate of drug-likeness (QED) is 0.607. The zero-order chi connectivity index (χ0) is 19.1. The molecule has 27 heavy (non-hydrogen) atoms. The summed E-state index contributed by atoms with van der Waals surface area (Å²) in [4.78, 5) is 32.0. The standard InChI is InChI=1S/C21H35N3O3/c1-27-17-20(25)24(15-7-13-22-11-4-5-12-22)19-10-6-14-23(16-19)21(26)18-8-2-3-9-18/h2-3,18-19H,4-17H2,1H3. The molecule has 2 fully saturated rings. The van der Waals surface area contributed by atoms with Gasteiger partial charge in [-0.3, -0.25) is 9.59 Å². The minimum absolute atomic E-state index is 0.0563. The SMILES string of the molecule is COCC(=O)N(CCCN1CCCC1)C1CCCN(C(=O)C2CC=CC2)C1. The molecule has 0 radical (unpaired) electrons. The van der Waals surface area contributed by atoms with Gasteiger partial charge in [-0.05, 0) is 64.6 Å². The predicted octanol–water partition coefficient (Wildman–Crippen LogP) is 1.90. The molecule has 3 aliphatic rings. The summed E-state index contributed by atoms with van der Waals surface area (Å²) in [6.45, 7) is 5.82. The van der Waals surface area contributed by atoms with Crippen LogP contribution in [-0.4, -0.2) is 85.5 Å². The van der Waals surface area contributed by atoms with E-state index in [1.807, 2.05) is 9.80 Å². The molecule has 1 atom stereocenters. The highest BCUT2D eigenvalue weighted by molar-refractivity contribution is 5.80. The molecule has 2 saturated heterocycles. The molecule has 0 aromatic carbocycles. The zero-order valence-electron chi connectivity index (χ0n) is 16.8. The Balaban J connectivity index is 1.56. The predicted molar refractivity (Wildman–Crippen MR) is 105 cm³/mol. The summed E-state index contributed by atoms with van der Waals surface area (Å²) in [6, 6.07) is 0.123. The third-order valence-electron chi connectivity index (χ3n) is 6.17. The Bertz CT molecular complexity index is 523. The molecule has 3 rings (SSSR count). The second-order valence-electron chi connectivity index (χ2n) is 8.14. The van der Waals surface area contributed by atoms with Gasteiger partial charge in [0.25, 0.3) is 0 Å². The van der Waals surface area contributed by atoms with E-state index in [9.17, 15) is 9.59 Å². The van der Waals surface area contributed by atoms with Gasteiger partial charge in [-0.2, -0.15) is 0 Å². The summed E-state index contributed by atoms with van der Waals surface area (Å²) in [6.07, 6.45) is 11.5. The summed E-state index contributed by atoms with van der Waals surface area (Å²) >= 11 is 0. The molecule has 2 aliphatic heterocycles. The van der Waals surface area contributed by atoms with Gasteiger partial charge in [0.1, 0.15) is 6.61 Å². The first-order valence-electron chi connectivity index (χ1n) is 10.6. The Morgan fingerprint density at radius 2 is 1.85 bits per heavy atom. The Labute approximate surface area is 163 Å². The number of hydrogen-bond acceptors (Lipinski definition) is 4. The molecule has 152 valence electrons. The number of amides is 2. The lowest BCUT2D eigenvalue weighted by molar-refractivity contribution is -0.144. The molecular formula is C21H35N3O3. The number of allylic oxidation sites excluding steroid dienone is 2. The summed E-state index contributed by atoms with van der Waals surface area (Å²) in [5.74, 6) is 0.434. The van der Waals surface area contributed by atoms with Crippen LogP contribution in [-0.2, 0) is 14.3 Å². The molecule has 2 amide bonds. The topological polar surface area (TPSA) is 53.1 Å². The van der Waals surface area contributed by atoms with Gasteiger partial charge in [-0.1, -0.05) is 12.2 Å². The molecule has 0 aromatic heterocycles. The number of hydrogen-bond donors (Lipinski definition) is 0. The third-order valence-corrected chi connectivity index (χ3v) is 6.17. The Hall–Kier alpha value is -1.40. The monoisotopic (exact) mass is 377 g/mol. The molecular weight excluding hydrogens is 342 g/mol. The fourth-order valence-electron chi connectivity index (χ4n) is 4.67. The normalized spacial score (nSPS) is 23.9. The smallest absolute Gasteiger partial charge is 0.248 e. The second kappa shape index (κ2) is 10.2. The number of methoxy groups -OCH3 is 1. The van der Waals surface area contributed by atoms with Crippen LogP contribution < -0.4 is 0 Å². The zero-order valence-corrected chi connectivity index (χ0v) is 16.8. The van der Waals surface area contributed by atoms with E-state index < -0.39 is 0 Å². The summed E-state index contributed by atoms with van der Waals surface area (Å²) in [5, 5.41) is 0. The van der Waals surface area contributed by atoms with Gasteiger partial charge in [0.05, 0.1) is 0 Å². The largest absolute Gasteiger partial charge is 0.375 e. The van der Waals surface area contributed by atoms with E-state index in [2.05, 4.69) is 17.1 Å². The van der Waals surface area contributed by atoms with Gasteiger partial charge < -0.3 is 19.4 Å². The molecule has 6 heteroatoms. The van der Waals surface area contributed by atoms with Gasteiger partial charge in [0, 0.05) is 38.7 Å². The first-order chi connectivity index (χ1) is 13.2. The number of likely N-dealkylation sites (tertiary alicyclic amines) is 2. The van der Waals surface area contributed by atoms with Crippen LogP contribution in [0.5, 0.6) is 0 Å². The summed E-state index contributed by atoms with van der Waals surface area (Å²) in [7, 11) is 1.57. The highest BCUT2D eigenvalue weighted by atomic mass is 16.5. The molecule has 0 saturated carbocycles. The summed E-state index contributed by atoms with van der Waals surface area (Å²) < 4.78 is 5.12. The lowest BCUT2D eigenvalue weighted by atomic mass is 9.99. The number of carbonyl (C=O) groups excluding carboxylic acids is 2. The lowest BCUT2D eigenvalue weighted by Gasteiger charge is -2.40.